The summed E-state index contributed by atoms with van der Waals surface area (Å²) in [6.45, 7) is 0. The number of hydrogen-bond donors (Lipinski definition) is 2. The second-order valence-electron chi connectivity index (χ2n) is 7.02. The number of carboxylic acids is 1. The molecule has 9 heteroatoms. The summed E-state index contributed by atoms with van der Waals surface area (Å²) in [4.78, 5) is 24.4. The third-order valence-corrected chi connectivity index (χ3v) is 5.60. The van der Waals surface area contributed by atoms with Crippen molar-refractivity contribution in [1.82, 2.24) is 5.32 Å². The maximum atomic E-state index is 14.2. The number of amides is 1. The van der Waals surface area contributed by atoms with Crippen molar-refractivity contribution < 1.29 is 28.6 Å². The Morgan fingerprint density at radius 3 is 2.18 bits per heavy atom. The van der Waals surface area contributed by atoms with Crippen LogP contribution >= 0.6 is 23.2 Å². The van der Waals surface area contributed by atoms with E-state index >= 15 is 0 Å². The summed E-state index contributed by atoms with van der Waals surface area (Å²) in [6.07, 6.45) is 0.000839. The standard InChI is InChI=1S/C24H20Cl2FNO5/c1-32-19-11-10-17(27)22(33-2)20(19)14-8-6-13(7-9-14)12-18(24(30)31)28-23(29)21-15(25)4-3-5-16(21)26/h3-11,18H,12H2,1-2H3,(H,28,29)(H,30,31)/t18-/m0/s1. The number of methoxy groups -OCH3 is 2. The van der Waals surface area contributed by atoms with Gasteiger partial charge in [-0.2, -0.15) is 0 Å². The molecule has 0 saturated carbocycles. The number of carbonyl (C=O) groups excluding carboxylic acids is 1. The van der Waals surface area contributed by atoms with Gasteiger partial charge in [0.1, 0.15) is 11.8 Å². The molecule has 3 rings (SSSR count). The lowest BCUT2D eigenvalue weighted by Crippen LogP contribution is -2.42. The number of rotatable bonds is 8. The molecule has 0 aliphatic heterocycles. The number of nitrogens with one attached hydrogen (secondary N) is 1. The van der Waals surface area contributed by atoms with E-state index in [-0.39, 0.29) is 27.8 Å². The van der Waals surface area contributed by atoms with E-state index in [0.29, 0.717) is 22.4 Å². The van der Waals surface area contributed by atoms with Gasteiger partial charge in [-0.1, -0.05) is 53.5 Å². The lowest BCUT2D eigenvalue weighted by molar-refractivity contribution is -0.139. The van der Waals surface area contributed by atoms with Gasteiger partial charge in [0.2, 0.25) is 0 Å². The van der Waals surface area contributed by atoms with Crippen LogP contribution in [-0.4, -0.2) is 37.2 Å². The Morgan fingerprint density at radius 2 is 1.64 bits per heavy atom. The molecule has 0 aliphatic rings. The fraction of sp³-hybridized carbons (Fsp3) is 0.167. The van der Waals surface area contributed by atoms with Gasteiger partial charge in [0, 0.05) is 6.42 Å². The van der Waals surface area contributed by atoms with Crippen LogP contribution in [0.1, 0.15) is 15.9 Å². The Hall–Kier alpha value is -3.29. The Kier molecular flexibility index (Phi) is 7.79. The second kappa shape index (κ2) is 10.6. The minimum Gasteiger partial charge on any atom is -0.496 e. The third kappa shape index (κ3) is 5.38. The smallest absolute Gasteiger partial charge is 0.326 e. The number of benzene rings is 3. The van der Waals surface area contributed by atoms with Gasteiger partial charge < -0.3 is 19.9 Å². The van der Waals surface area contributed by atoms with Crippen molar-refractivity contribution in [3.05, 3.63) is 81.6 Å². The molecule has 172 valence electrons. The molecule has 1 atom stereocenters. The van der Waals surface area contributed by atoms with Gasteiger partial charge in [0.25, 0.3) is 5.91 Å². The summed E-state index contributed by atoms with van der Waals surface area (Å²) in [6, 6.07) is 12.8. The van der Waals surface area contributed by atoms with E-state index in [9.17, 15) is 19.1 Å². The maximum Gasteiger partial charge on any atom is 0.326 e. The Morgan fingerprint density at radius 1 is 1.00 bits per heavy atom. The van der Waals surface area contributed by atoms with E-state index in [0.717, 1.165) is 0 Å². The molecule has 3 aromatic rings. The first-order valence-electron chi connectivity index (χ1n) is 9.74. The summed E-state index contributed by atoms with van der Waals surface area (Å²) >= 11 is 12.1. The van der Waals surface area contributed by atoms with E-state index in [1.165, 1.54) is 38.5 Å². The normalized spacial score (nSPS) is 11.5. The molecule has 6 nitrogen and oxygen atoms in total. The van der Waals surface area contributed by atoms with Crippen molar-refractivity contribution in [3.63, 3.8) is 0 Å². The molecule has 0 bridgehead atoms. The summed E-state index contributed by atoms with van der Waals surface area (Å²) in [5, 5.41) is 12.3. The molecule has 0 unspecified atom stereocenters. The molecule has 0 spiro atoms. The molecular weight excluding hydrogens is 472 g/mol. The van der Waals surface area contributed by atoms with Gasteiger partial charge in [-0.3, -0.25) is 4.79 Å². The molecule has 0 fully saturated rings. The Balaban J connectivity index is 1.84. The van der Waals surface area contributed by atoms with Gasteiger partial charge in [0.15, 0.2) is 11.6 Å². The van der Waals surface area contributed by atoms with Gasteiger partial charge in [-0.15, -0.1) is 0 Å². The van der Waals surface area contributed by atoms with Crippen LogP contribution in [0.3, 0.4) is 0 Å². The molecule has 0 aliphatic carbocycles. The first-order chi connectivity index (χ1) is 15.8. The number of halogens is 3. The van der Waals surface area contributed by atoms with Gasteiger partial charge in [-0.05, 0) is 35.4 Å². The number of aliphatic carboxylic acids is 1. The topological polar surface area (TPSA) is 84.9 Å². The molecule has 33 heavy (non-hydrogen) atoms. The van der Waals surface area contributed by atoms with E-state index < -0.39 is 23.7 Å². The molecular formula is C24H20Cl2FNO5. The summed E-state index contributed by atoms with van der Waals surface area (Å²) in [7, 11) is 2.83. The van der Waals surface area contributed by atoms with E-state index in [1.54, 1.807) is 30.3 Å². The lowest BCUT2D eigenvalue weighted by Gasteiger charge is -2.17. The molecule has 0 aromatic heterocycles. The van der Waals surface area contributed by atoms with Crippen molar-refractivity contribution in [1.29, 1.82) is 0 Å². The highest BCUT2D eigenvalue weighted by Gasteiger charge is 2.24. The van der Waals surface area contributed by atoms with Crippen LogP contribution in [0.2, 0.25) is 10.0 Å². The number of carboxylic acid groups (broad SMARTS) is 1. The Bertz CT molecular complexity index is 1160. The van der Waals surface area contributed by atoms with Gasteiger partial charge in [-0.25, -0.2) is 9.18 Å². The Labute approximate surface area is 199 Å². The molecule has 0 saturated heterocycles. The monoisotopic (exact) mass is 491 g/mol. The van der Waals surface area contributed by atoms with Crippen LogP contribution in [0, 0.1) is 5.82 Å². The first-order valence-corrected chi connectivity index (χ1v) is 10.5. The minimum atomic E-state index is -1.23. The fourth-order valence-corrected chi connectivity index (χ4v) is 3.94. The third-order valence-electron chi connectivity index (χ3n) is 4.97. The van der Waals surface area contributed by atoms with Crippen LogP contribution in [0.15, 0.2) is 54.6 Å². The zero-order valence-corrected chi connectivity index (χ0v) is 19.2. The predicted octanol–water partition coefficient (Wildman–Crippen LogP) is 5.24. The van der Waals surface area contributed by atoms with Crippen LogP contribution in [0.25, 0.3) is 11.1 Å². The molecule has 1 amide bonds. The average molecular weight is 492 g/mol. The van der Waals surface area contributed by atoms with Crippen molar-refractivity contribution >= 4 is 35.1 Å². The van der Waals surface area contributed by atoms with Gasteiger partial charge >= 0.3 is 5.97 Å². The molecule has 0 heterocycles. The summed E-state index contributed by atoms with van der Waals surface area (Å²) < 4.78 is 24.7. The molecule has 2 N–H and O–H groups in total. The zero-order valence-electron chi connectivity index (χ0n) is 17.7. The number of carbonyl (C=O) groups is 2. The second-order valence-corrected chi connectivity index (χ2v) is 7.83. The van der Waals surface area contributed by atoms with E-state index in [2.05, 4.69) is 5.32 Å². The minimum absolute atomic E-state index is 0.000839. The van der Waals surface area contributed by atoms with Crippen molar-refractivity contribution in [2.75, 3.05) is 14.2 Å². The van der Waals surface area contributed by atoms with Crippen LogP contribution < -0.4 is 14.8 Å². The van der Waals surface area contributed by atoms with E-state index in [1.807, 2.05) is 0 Å². The van der Waals surface area contributed by atoms with Crippen LogP contribution in [0.4, 0.5) is 4.39 Å². The quantitative estimate of drug-likeness (QED) is 0.449. The van der Waals surface area contributed by atoms with Crippen LogP contribution in [-0.2, 0) is 11.2 Å². The average Bonchev–Trinajstić information content (AvgIpc) is 2.78. The van der Waals surface area contributed by atoms with Gasteiger partial charge in [0.05, 0.1) is 35.4 Å². The van der Waals surface area contributed by atoms with Crippen molar-refractivity contribution in [3.8, 4) is 22.6 Å². The highest BCUT2D eigenvalue weighted by Crippen LogP contribution is 2.40. The van der Waals surface area contributed by atoms with Crippen molar-refractivity contribution in [2.24, 2.45) is 0 Å². The highest BCUT2D eigenvalue weighted by atomic mass is 35.5. The summed E-state index contributed by atoms with van der Waals surface area (Å²) in [5.41, 5.74) is 1.69. The van der Waals surface area contributed by atoms with Crippen LogP contribution in [0.5, 0.6) is 11.5 Å². The van der Waals surface area contributed by atoms with Crippen molar-refractivity contribution in [2.45, 2.75) is 12.5 Å². The zero-order chi connectivity index (χ0) is 24.1. The molecule has 3 aromatic carbocycles. The maximum absolute atomic E-state index is 14.2. The number of ether oxygens (including phenoxy) is 2. The summed E-state index contributed by atoms with van der Waals surface area (Å²) in [5.74, 6) is -1.99. The first kappa shape index (κ1) is 24.4. The SMILES string of the molecule is COc1ccc(F)c(OC)c1-c1ccc(C[C@H](NC(=O)c2c(Cl)cccc2Cl)C(=O)O)cc1. The van der Waals surface area contributed by atoms with E-state index in [4.69, 9.17) is 32.7 Å². The predicted molar refractivity (Wildman–Crippen MR) is 124 cm³/mol. The number of hydrogen-bond acceptors (Lipinski definition) is 4. The largest absolute Gasteiger partial charge is 0.496 e. The highest BCUT2D eigenvalue weighted by molar-refractivity contribution is 6.39. The molecule has 0 radical (unpaired) electrons. The fourth-order valence-electron chi connectivity index (χ4n) is 3.37. The lowest BCUT2D eigenvalue weighted by atomic mass is 9.99.